The molecule has 2 aromatic rings. The second-order valence-corrected chi connectivity index (χ2v) is 11.0. The van der Waals surface area contributed by atoms with Gasteiger partial charge in [-0.2, -0.15) is 0 Å². The Labute approximate surface area is 222 Å². The molecule has 1 saturated carbocycles. The van der Waals surface area contributed by atoms with E-state index in [-0.39, 0.29) is 49.5 Å². The van der Waals surface area contributed by atoms with Crippen LogP contribution in [0.1, 0.15) is 36.0 Å². The molecule has 38 heavy (non-hydrogen) atoms. The molecule has 4 aliphatic rings. The number of rotatable bonds is 8. The third-order valence-electron chi connectivity index (χ3n) is 9.25. The summed E-state index contributed by atoms with van der Waals surface area (Å²) in [7, 11) is 3.96. The minimum Gasteiger partial charge on any atom is -0.504 e. The Morgan fingerprint density at radius 1 is 1.16 bits per heavy atom. The molecule has 2 aliphatic carbocycles. The third-order valence-corrected chi connectivity index (χ3v) is 9.25. The molecule has 9 nitrogen and oxygen atoms in total. The summed E-state index contributed by atoms with van der Waals surface area (Å²) in [5.74, 6) is -0.0517. The van der Waals surface area contributed by atoms with E-state index < -0.39 is 17.0 Å². The molecule has 2 aliphatic heterocycles. The smallest absolute Gasteiger partial charge is 0.325 e. The molecule has 1 amide bonds. The van der Waals surface area contributed by atoms with Gasteiger partial charge in [0.2, 0.25) is 5.91 Å². The van der Waals surface area contributed by atoms with Crippen molar-refractivity contribution in [3.05, 3.63) is 59.2 Å². The molecular weight excluding hydrogens is 486 g/mol. The lowest BCUT2D eigenvalue weighted by Gasteiger charge is -2.65. The lowest BCUT2D eigenvalue weighted by atomic mass is 9.48. The van der Waals surface area contributed by atoms with Crippen LogP contribution in [0.25, 0.3) is 0 Å². The van der Waals surface area contributed by atoms with Gasteiger partial charge in [-0.05, 0) is 56.5 Å². The van der Waals surface area contributed by atoms with Gasteiger partial charge < -0.3 is 34.9 Å². The number of nitrogens with zero attached hydrogens (tertiary/aromatic N) is 1. The summed E-state index contributed by atoms with van der Waals surface area (Å²) in [4.78, 5) is 27.1. The van der Waals surface area contributed by atoms with E-state index in [0.29, 0.717) is 5.75 Å². The van der Waals surface area contributed by atoms with E-state index in [1.54, 1.807) is 13.2 Å². The molecule has 6 rings (SSSR count). The lowest BCUT2D eigenvalue weighted by Crippen LogP contribution is -2.78. The zero-order valence-corrected chi connectivity index (χ0v) is 21.9. The summed E-state index contributed by atoms with van der Waals surface area (Å²) in [6, 6.07) is 13.3. The highest BCUT2D eigenvalue weighted by atomic mass is 16.5. The number of methoxy groups -OCH3 is 1. The first kappa shape index (κ1) is 25.2. The van der Waals surface area contributed by atoms with Crippen LogP contribution in [0.4, 0.5) is 0 Å². The van der Waals surface area contributed by atoms with Gasteiger partial charge in [0.15, 0.2) is 11.5 Å². The molecule has 2 aromatic carbocycles. The van der Waals surface area contributed by atoms with Gasteiger partial charge in [-0.3, -0.25) is 9.59 Å². The molecule has 0 aromatic heterocycles. The van der Waals surface area contributed by atoms with E-state index in [9.17, 15) is 14.7 Å². The number of hydrogen-bond acceptors (Lipinski definition) is 8. The zero-order chi connectivity index (χ0) is 26.5. The van der Waals surface area contributed by atoms with E-state index in [2.05, 4.69) is 22.6 Å². The molecule has 2 bridgehead atoms. The summed E-state index contributed by atoms with van der Waals surface area (Å²) >= 11 is 0. The first-order valence-electron chi connectivity index (χ1n) is 13.4. The normalized spacial score (nSPS) is 30.7. The number of carbonyl (C=O) groups is 2. The summed E-state index contributed by atoms with van der Waals surface area (Å²) < 4.78 is 18.3. The number of benzene rings is 2. The van der Waals surface area contributed by atoms with Crippen molar-refractivity contribution in [1.82, 2.24) is 15.5 Å². The van der Waals surface area contributed by atoms with Crippen LogP contribution in [0, 0.1) is 0 Å². The van der Waals surface area contributed by atoms with Crippen LogP contribution in [0.3, 0.4) is 0 Å². The maximum Gasteiger partial charge on any atom is 0.325 e. The number of likely N-dealkylation sites (tertiary alicyclic amines) is 1. The Morgan fingerprint density at radius 2 is 1.97 bits per heavy atom. The molecule has 2 unspecified atom stereocenters. The van der Waals surface area contributed by atoms with Crippen LogP contribution in [-0.2, 0) is 37.5 Å². The van der Waals surface area contributed by atoms with Crippen LogP contribution in [0.5, 0.6) is 11.5 Å². The molecular formula is C29H35N3O6. The van der Waals surface area contributed by atoms with E-state index >= 15 is 0 Å². The molecule has 202 valence electrons. The number of ether oxygens (including phenoxy) is 3. The van der Waals surface area contributed by atoms with Crippen LogP contribution >= 0.6 is 0 Å². The molecule has 2 fully saturated rings. The topological polar surface area (TPSA) is 109 Å². The van der Waals surface area contributed by atoms with Gasteiger partial charge in [-0.15, -0.1) is 0 Å². The highest BCUT2D eigenvalue weighted by molar-refractivity contribution is 5.83. The Morgan fingerprint density at radius 3 is 2.76 bits per heavy atom. The van der Waals surface area contributed by atoms with Crippen LogP contribution < -0.4 is 15.4 Å². The van der Waals surface area contributed by atoms with Gasteiger partial charge in [0.05, 0.1) is 17.6 Å². The largest absolute Gasteiger partial charge is 0.504 e. The van der Waals surface area contributed by atoms with Crippen LogP contribution in [0.2, 0.25) is 0 Å². The molecule has 9 heteroatoms. The Balaban J connectivity index is 1.14. The third kappa shape index (κ3) is 3.71. The number of phenolic OH excluding ortho intramolecular Hbond substituents is 1. The van der Waals surface area contributed by atoms with E-state index in [0.717, 1.165) is 43.4 Å². The van der Waals surface area contributed by atoms with Crippen molar-refractivity contribution in [2.75, 3.05) is 33.8 Å². The van der Waals surface area contributed by atoms with Gasteiger partial charge in [0.1, 0.15) is 19.3 Å². The van der Waals surface area contributed by atoms with E-state index in [4.69, 9.17) is 14.2 Å². The fraction of sp³-hybridized carbons (Fsp3) is 0.517. The predicted octanol–water partition coefficient (Wildman–Crippen LogP) is 1.65. The van der Waals surface area contributed by atoms with Crippen molar-refractivity contribution >= 4 is 11.9 Å². The standard InChI is InChI=1S/C29H35N3O6/c1-32-13-12-28-25-19-8-9-21(33)26(25)38-27(28)20(10-11-29(28,36-2)22(32)14-19)30-15-23(34)31-16-24(35)37-17-18-6-4-3-5-7-18/h3-9,20,22,27,30,33H,10-17H2,1-2H3,(H,31,34)/t20-,22?,27+,28?,29-/m1/s1. The van der Waals surface area contributed by atoms with Crippen LogP contribution in [0.15, 0.2) is 42.5 Å². The van der Waals surface area contributed by atoms with Gasteiger partial charge in [0.25, 0.3) is 0 Å². The number of phenols is 1. The van der Waals surface area contributed by atoms with Gasteiger partial charge in [-0.1, -0.05) is 36.4 Å². The van der Waals surface area contributed by atoms with Crippen molar-refractivity contribution in [2.24, 2.45) is 0 Å². The number of piperidine rings is 1. The van der Waals surface area contributed by atoms with Crippen molar-refractivity contribution in [1.29, 1.82) is 0 Å². The second kappa shape index (κ2) is 9.55. The minimum absolute atomic E-state index is 0.0467. The Hall–Kier alpha value is -3.14. The van der Waals surface area contributed by atoms with Gasteiger partial charge in [0, 0.05) is 24.8 Å². The first-order chi connectivity index (χ1) is 18.4. The zero-order valence-electron chi connectivity index (χ0n) is 21.9. The highest BCUT2D eigenvalue weighted by Crippen LogP contribution is 2.66. The fourth-order valence-electron chi connectivity index (χ4n) is 7.59. The van der Waals surface area contributed by atoms with Crippen molar-refractivity contribution in [2.45, 2.75) is 61.5 Å². The fourth-order valence-corrected chi connectivity index (χ4v) is 7.59. The SMILES string of the molecule is CO[C@@]12CC[C@@H](NCC(=O)NCC(=O)OCc3ccccc3)[C@@H]3Oc4c(O)ccc5c4C31CCN(C)C2C5. The first-order valence-corrected chi connectivity index (χ1v) is 13.4. The monoisotopic (exact) mass is 521 g/mol. The number of esters is 1. The quantitative estimate of drug-likeness (QED) is 0.450. The predicted molar refractivity (Wildman–Crippen MR) is 139 cm³/mol. The number of aromatic hydroxyl groups is 1. The number of amides is 1. The molecule has 1 saturated heterocycles. The summed E-state index contributed by atoms with van der Waals surface area (Å²) in [6.45, 7) is 0.933. The van der Waals surface area contributed by atoms with Crippen LogP contribution in [-0.4, -0.2) is 79.5 Å². The molecule has 2 heterocycles. The second-order valence-electron chi connectivity index (χ2n) is 11.0. The Bertz CT molecular complexity index is 1240. The van der Waals surface area contributed by atoms with Gasteiger partial charge >= 0.3 is 5.97 Å². The Kier molecular flexibility index (Phi) is 6.32. The highest BCUT2D eigenvalue weighted by Gasteiger charge is 2.73. The van der Waals surface area contributed by atoms with Crippen molar-refractivity contribution < 1.29 is 28.9 Å². The summed E-state index contributed by atoms with van der Waals surface area (Å²) in [5, 5.41) is 16.8. The lowest BCUT2D eigenvalue weighted by molar-refractivity contribution is -0.203. The van der Waals surface area contributed by atoms with Crippen molar-refractivity contribution in [3.63, 3.8) is 0 Å². The molecule has 5 atom stereocenters. The number of hydrogen-bond donors (Lipinski definition) is 3. The molecule has 0 radical (unpaired) electrons. The number of carbonyl (C=O) groups excluding carboxylic acids is 2. The summed E-state index contributed by atoms with van der Waals surface area (Å²) in [5.41, 5.74) is 2.35. The van der Waals surface area contributed by atoms with Crippen molar-refractivity contribution in [3.8, 4) is 11.5 Å². The average Bonchev–Trinajstić information content (AvgIpc) is 3.30. The van der Waals surface area contributed by atoms with E-state index in [1.807, 2.05) is 36.4 Å². The summed E-state index contributed by atoms with van der Waals surface area (Å²) in [6.07, 6.45) is 3.00. The molecule has 1 spiro atoms. The molecule has 3 N–H and O–H groups in total. The van der Waals surface area contributed by atoms with E-state index in [1.165, 1.54) is 5.56 Å². The average molecular weight is 522 g/mol. The number of nitrogens with one attached hydrogen (secondary N) is 2. The maximum atomic E-state index is 12.6. The van der Waals surface area contributed by atoms with Gasteiger partial charge in [-0.25, -0.2) is 0 Å². The maximum absolute atomic E-state index is 12.6. The number of likely N-dealkylation sites (N-methyl/N-ethyl adjacent to an activating group) is 1. The minimum atomic E-state index is -0.485.